The standard InChI is InChI=1S/C10H11NO2/c12-7-10(11-8-13)6-9-4-2-1-3-5-9/h1-5,10,12H,6-7H2/t10-/m0/s1. The average molecular weight is 177 g/mol. The summed E-state index contributed by atoms with van der Waals surface area (Å²) in [6, 6.07) is 9.25. The molecule has 0 saturated heterocycles. The van der Waals surface area contributed by atoms with E-state index in [4.69, 9.17) is 5.11 Å². The van der Waals surface area contributed by atoms with Gasteiger partial charge in [-0.25, -0.2) is 4.79 Å². The number of isocyanates is 1. The zero-order valence-corrected chi connectivity index (χ0v) is 7.18. The van der Waals surface area contributed by atoms with Crippen LogP contribution in [0.15, 0.2) is 35.3 Å². The minimum absolute atomic E-state index is 0.121. The molecule has 1 N–H and O–H groups in total. The average Bonchev–Trinajstić information content (AvgIpc) is 2.19. The SMILES string of the molecule is O=C=N[C@H](CO)Cc1ccccc1. The van der Waals surface area contributed by atoms with Crippen molar-refractivity contribution in [1.29, 1.82) is 0 Å². The van der Waals surface area contributed by atoms with Gasteiger partial charge in [0.1, 0.15) is 0 Å². The Labute approximate surface area is 76.7 Å². The molecule has 1 rings (SSSR count). The third-order valence-corrected chi connectivity index (χ3v) is 1.76. The van der Waals surface area contributed by atoms with Gasteiger partial charge < -0.3 is 5.11 Å². The summed E-state index contributed by atoms with van der Waals surface area (Å²) >= 11 is 0. The van der Waals surface area contributed by atoms with E-state index in [1.54, 1.807) is 0 Å². The van der Waals surface area contributed by atoms with Gasteiger partial charge in [-0.05, 0) is 12.0 Å². The maximum atomic E-state index is 9.96. The Morgan fingerprint density at radius 3 is 2.62 bits per heavy atom. The van der Waals surface area contributed by atoms with Crippen LogP contribution in [0.1, 0.15) is 5.56 Å². The van der Waals surface area contributed by atoms with Crippen LogP contribution < -0.4 is 0 Å². The van der Waals surface area contributed by atoms with E-state index in [1.165, 1.54) is 6.08 Å². The first-order chi connectivity index (χ1) is 6.36. The number of hydrogen-bond acceptors (Lipinski definition) is 3. The fourth-order valence-electron chi connectivity index (χ4n) is 1.11. The highest BCUT2D eigenvalue weighted by molar-refractivity contribution is 5.34. The van der Waals surface area contributed by atoms with Crippen LogP contribution in [0.5, 0.6) is 0 Å². The van der Waals surface area contributed by atoms with Gasteiger partial charge in [-0.2, -0.15) is 4.99 Å². The minimum atomic E-state index is -0.361. The first-order valence-corrected chi connectivity index (χ1v) is 4.08. The van der Waals surface area contributed by atoms with Crippen molar-refractivity contribution >= 4 is 6.08 Å². The van der Waals surface area contributed by atoms with Gasteiger partial charge in [0.2, 0.25) is 6.08 Å². The largest absolute Gasteiger partial charge is 0.394 e. The van der Waals surface area contributed by atoms with Gasteiger partial charge in [-0.1, -0.05) is 30.3 Å². The van der Waals surface area contributed by atoms with Crippen molar-refractivity contribution in [3.05, 3.63) is 35.9 Å². The fraction of sp³-hybridized carbons (Fsp3) is 0.300. The second-order valence-corrected chi connectivity index (χ2v) is 2.75. The molecule has 0 unspecified atom stereocenters. The zero-order chi connectivity index (χ0) is 9.52. The van der Waals surface area contributed by atoms with E-state index in [1.807, 2.05) is 30.3 Å². The lowest BCUT2D eigenvalue weighted by Crippen LogP contribution is -2.13. The lowest BCUT2D eigenvalue weighted by molar-refractivity contribution is 0.266. The topological polar surface area (TPSA) is 49.7 Å². The van der Waals surface area contributed by atoms with E-state index in [0.29, 0.717) is 6.42 Å². The highest BCUT2D eigenvalue weighted by atomic mass is 16.3. The van der Waals surface area contributed by atoms with E-state index >= 15 is 0 Å². The van der Waals surface area contributed by atoms with Crippen molar-refractivity contribution in [3.63, 3.8) is 0 Å². The number of aliphatic hydroxyl groups is 1. The third-order valence-electron chi connectivity index (χ3n) is 1.76. The van der Waals surface area contributed by atoms with Crippen molar-refractivity contribution in [1.82, 2.24) is 0 Å². The number of nitrogens with zero attached hydrogens (tertiary/aromatic N) is 1. The van der Waals surface area contributed by atoms with Crippen LogP contribution in [0.3, 0.4) is 0 Å². The van der Waals surface area contributed by atoms with Crippen LogP contribution in [0.25, 0.3) is 0 Å². The maximum Gasteiger partial charge on any atom is 0.235 e. The lowest BCUT2D eigenvalue weighted by Gasteiger charge is -2.05. The second-order valence-electron chi connectivity index (χ2n) is 2.75. The van der Waals surface area contributed by atoms with Crippen LogP contribution in [0, 0.1) is 0 Å². The summed E-state index contributed by atoms with van der Waals surface area (Å²) in [5.41, 5.74) is 1.06. The molecule has 0 bridgehead atoms. The van der Waals surface area contributed by atoms with Gasteiger partial charge in [0.15, 0.2) is 0 Å². The van der Waals surface area contributed by atoms with E-state index in [2.05, 4.69) is 4.99 Å². The normalized spacial score (nSPS) is 11.8. The smallest absolute Gasteiger partial charge is 0.235 e. The molecule has 0 amide bonds. The summed E-state index contributed by atoms with van der Waals surface area (Å²) in [6.07, 6.45) is 2.03. The van der Waals surface area contributed by atoms with Gasteiger partial charge in [0.05, 0.1) is 12.6 Å². The van der Waals surface area contributed by atoms with Crippen molar-refractivity contribution < 1.29 is 9.90 Å². The minimum Gasteiger partial charge on any atom is -0.394 e. The van der Waals surface area contributed by atoms with Gasteiger partial charge in [-0.3, -0.25) is 0 Å². The quantitative estimate of drug-likeness (QED) is 0.549. The Balaban J connectivity index is 2.61. The molecule has 68 valence electrons. The predicted molar refractivity (Wildman–Crippen MR) is 49.1 cm³/mol. The molecule has 0 fully saturated rings. The Morgan fingerprint density at radius 2 is 2.08 bits per heavy atom. The van der Waals surface area contributed by atoms with Gasteiger partial charge in [0, 0.05) is 0 Å². The Hall–Kier alpha value is -1.44. The van der Waals surface area contributed by atoms with E-state index in [0.717, 1.165) is 5.56 Å². The predicted octanol–water partition coefficient (Wildman–Crippen LogP) is 0.926. The summed E-state index contributed by atoms with van der Waals surface area (Å²) in [5.74, 6) is 0. The van der Waals surface area contributed by atoms with Crippen molar-refractivity contribution in [2.45, 2.75) is 12.5 Å². The second kappa shape index (κ2) is 5.25. The molecule has 1 atom stereocenters. The number of hydrogen-bond donors (Lipinski definition) is 1. The van der Waals surface area contributed by atoms with Gasteiger partial charge in [-0.15, -0.1) is 0 Å². The summed E-state index contributed by atoms with van der Waals surface area (Å²) in [5, 5.41) is 8.85. The highest BCUT2D eigenvalue weighted by Crippen LogP contribution is 2.04. The zero-order valence-electron chi connectivity index (χ0n) is 7.18. The number of rotatable bonds is 4. The fourth-order valence-corrected chi connectivity index (χ4v) is 1.11. The van der Waals surface area contributed by atoms with Gasteiger partial charge in [0.25, 0.3) is 0 Å². The van der Waals surface area contributed by atoms with Crippen LogP contribution in [0.4, 0.5) is 0 Å². The van der Waals surface area contributed by atoms with Crippen LogP contribution >= 0.6 is 0 Å². The summed E-state index contributed by atoms with van der Waals surface area (Å²) in [7, 11) is 0. The third kappa shape index (κ3) is 3.20. The van der Waals surface area contributed by atoms with E-state index < -0.39 is 0 Å². The molecular weight excluding hydrogens is 166 g/mol. The molecule has 1 aromatic carbocycles. The molecule has 3 nitrogen and oxygen atoms in total. The van der Waals surface area contributed by atoms with Crippen molar-refractivity contribution in [2.75, 3.05) is 6.61 Å². The molecule has 0 heterocycles. The maximum absolute atomic E-state index is 9.96. The van der Waals surface area contributed by atoms with E-state index in [-0.39, 0.29) is 12.6 Å². The molecule has 0 aliphatic carbocycles. The van der Waals surface area contributed by atoms with E-state index in [9.17, 15) is 4.79 Å². The number of aliphatic imine (C=N–C) groups is 1. The molecule has 0 radical (unpaired) electrons. The van der Waals surface area contributed by atoms with Crippen LogP contribution in [-0.4, -0.2) is 23.8 Å². The first kappa shape index (κ1) is 9.65. The number of carbonyl (C=O) groups excluding carboxylic acids is 1. The highest BCUT2D eigenvalue weighted by Gasteiger charge is 2.05. The van der Waals surface area contributed by atoms with Crippen molar-refractivity contribution in [3.8, 4) is 0 Å². The molecule has 0 aliphatic heterocycles. The summed E-state index contributed by atoms with van der Waals surface area (Å²) in [6.45, 7) is -0.121. The Kier molecular flexibility index (Phi) is 3.89. The van der Waals surface area contributed by atoms with Gasteiger partial charge >= 0.3 is 0 Å². The molecule has 3 heteroatoms. The van der Waals surface area contributed by atoms with Crippen LogP contribution in [-0.2, 0) is 11.2 Å². The molecule has 0 saturated carbocycles. The molecule has 0 aromatic heterocycles. The molecule has 0 aliphatic rings. The molecule has 13 heavy (non-hydrogen) atoms. The lowest BCUT2D eigenvalue weighted by atomic mass is 10.1. The molecule has 0 spiro atoms. The monoisotopic (exact) mass is 177 g/mol. The number of aliphatic hydroxyl groups excluding tert-OH is 1. The Morgan fingerprint density at radius 1 is 1.38 bits per heavy atom. The molecule has 1 aromatic rings. The van der Waals surface area contributed by atoms with Crippen molar-refractivity contribution in [2.24, 2.45) is 4.99 Å². The summed E-state index contributed by atoms with van der Waals surface area (Å²) in [4.78, 5) is 13.4. The summed E-state index contributed by atoms with van der Waals surface area (Å²) < 4.78 is 0. The van der Waals surface area contributed by atoms with Crippen LogP contribution in [0.2, 0.25) is 0 Å². The molecular formula is C10H11NO2. The number of benzene rings is 1. The first-order valence-electron chi connectivity index (χ1n) is 4.08. The Bertz CT molecular complexity index is 291.